The van der Waals surface area contributed by atoms with Gasteiger partial charge in [0.1, 0.15) is 0 Å². The van der Waals surface area contributed by atoms with Crippen molar-refractivity contribution in [1.29, 1.82) is 0 Å². The first-order chi connectivity index (χ1) is 10.0. The number of fused-ring (bicyclic) bond motifs is 1. The van der Waals surface area contributed by atoms with Gasteiger partial charge in [-0.15, -0.1) is 11.3 Å². The van der Waals surface area contributed by atoms with Gasteiger partial charge in [0.15, 0.2) is 0 Å². The van der Waals surface area contributed by atoms with E-state index in [1.54, 1.807) is 11.3 Å². The van der Waals surface area contributed by atoms with Crippen molar-refractivity contribution in [2.45, 2.75) is 26.7 Å². The zero-order valence-corrected chi connectivity index (χ0v) is 13.5. The number of amides is 1. The molecule has 3 nitrogen and oxygen atoms in total. The van der Waals surface area contributed by atoms with Crippen LogP contribution in [0.4, 0.5) is 5.69 Å². The number of nitrogen functional groups attached to an aromatic ring is 1. The van der Waals surface area contributed by atoms with Gasteiger partial charge >= 0.3 is 0 Å². The predicted molar refractivity (Wildman–Crippen MR) is 89.7 cm³/mol. The van der Waals surface area contributed by atoms with E-state index in [-0.39, 0.29) is 5.91 Å². The quantitative estimate of drug-likeness (QED) is 0.853. The van der Waals surface area contributed by atoms with E-state index in [0.29, 0.717) is 0 Å². The van der Waals surface area contributed by atoms with Crippen molar-refractivity contribution in [3.05, 3.63) is 29.1 Å². The number of carbonyl (C=O) groups is 1. The molecule has 0 radical (unpaired) electrons. The van der Waals surface area contributed by atoms with Gasteiger partial charge < -0.3 is 10.6 Å². The number of carbonyl (C=O) groups excluding carboxylic acids is 1. The van der Waals surface area contributed by atoms with E-state index in [1.165, 1.54) is 0 Å². The Morgan fingerprint density at radius 1 is 1.29 bits per heavy atom. The first-order valence-corrected chi connectivity index (χ1v) is 8.44. The normalized spacial score (nSPS) is 16.8. The van der Waals surface area contributed by atoms with Gasteiger partial charge in [0, 0.05) is 23.5 Å². The minimum absolute atomic E-state index is 0.178. The average molecular weight is 302 g/mol. The summed E-state index contributed by atoms with van der Waals surface area (Å²) in [5.74, 6) is 1.66. The zero-order valence-electron chi connectivity index (χ0n) is 12.6. The summed E-state index contributed by atoms with van der Waals surface area (Å²) in [5.41, 5.74) is 6.55. The second-order valence-corrected chi connectivity index (χ2v) is 7.37. The number of nitrogens with zero attached hydrogens (tertiary/aromatic N) is 1. The van der Waals surface area contributed by atoms with Crippen LogP contribution in [-0.2, 0) is 0 Å². The van der Waals surface area contributed by atoms with Gasteiger partial charge in [-0.25, -0.2) is 0 Å². The maximum Gasteiger partial charge on any atom is 0.263 e. The van der Waals surface area contributed by atoms with Crippen LogP contribution in [0.2, 0.25) is 0 Å². The Morgan fingerprint density at radius 2 is 2.00 bits per heavy atom. The molecule has 2 heterocycles. The highest BCUT2D eigenvalue weighted by Crippen LogP contribution is 2.30. The lowest BCUT2D eigenvalue weighted by atomic mass is 9.87. The number of anilines is 1. The number of thiophene rings is 1. The molecule has 0 aliphatic carbocycles. The first kappa shape index (κ1) is 14.4. The molecule has 112 valence electrons. The maximum atomic E-state index is 12.6. The summed E-state index contributed by atoms with van der Waals surface area (Å²) in [6, 6.07) is 7.80. The van der Waals surface area contributed by atoms with Crippen molar-refractivity contribution in [2.24, 2.45) is 11.8 Å². The molecule has 21 heavy (non-hydrogen) atoms. The number of likely N-dealkylation sites (tertiary alicyclic amines) is 1. The van der Waals surface area contributed by atoms with Crippen LogP contribution in [0.5, 0.6) is 0 Å². The molecule has 2 N–H and O–H groups in total. The van der Waals surface area contributed by atoms with Crippen LogP contribution < -0.4 is 5.73 Å². The van der Waals surface area contributed by atoms with Crippen LogP contribution in [0.15, 0.2) is 24.3 Å². The molecular weight excluding hydrogens is 280 g/mol. The molecule has 1 fully saturated rings. The summed E-state index contributed by atoms with van der Waals surface area (Å²) >= 11 is 1.57. The second kappa shape index (κ2) is 5.68. The van der Waals surface area contributed by atoms with E-state index >= 15 is 0 Å². The molecule has 4 heteroatoms. The Morgan fingerprint density at radius 3 is 2.67 bits per heavy atom. The summed E-state index contributed by atoms with van der Waals surface area (Å²) < 4.78 is 1.13. The molecule has 0 bridgehead atoms. The Balaban J connectivity index is 1.75. The lowest BCUT2D eigenvalue weighted by molar-refractivity contribution is 0.0672. The summed E-state index contributed by atoms with van der Waals surface area (Å²) in [7, 11) is 0. The highest BCUT2D eigenvalue weighted by Gasteiger charge is 2.26. The van der Waals surface area contributed by atoms with Crippen molar-refractivity contribution < 1.29 is 4.79 Å². The van der Waals surface area contributed by atoms with Gasteiger partial charge in [-0.2, -0.15) is 0 Å². The van der Waals surface area contributed by atoms with Gasteiger partial charge in [-0.3, -0.25) is 4.79 Å². The molecule has 0 atom stereocenters. The Kier molecular flexibility index (Phi) is 3.89. The van der Waals surface area contributed by atoms with E-state index in [9.17, 15) is 4.79 Å². The fourth-order valence-electron chi connectivity index (χ4n) is 3.09. The topological polar surface area (TPSA) is 46.3 Å². The van der Waals surface area contributed by atoms with Gasteiger partial charge in [0.05, 0.1) is 4.88 Å². The maximum absolute atomic E-state index is 12.6. The van der Waals surface area contributed by atoms with E-state index in [4.69, 9.17) is 5.73 Å². The highest BCUT2D eigenvalue weighted by atomic mass is 32.1. The predicted octanol–water partition coefficient (Wildman–Crippen LogP) is 3.99. The SMILES string of the molecule is CC(C)C1CCN(C(=O)c2cc3cc(N)ccc3s2)CC1. The second-order valence-electron chi connectivity index (χ2n) is 6.28. The van der Waals surface area contributed by atoms with Crippen molar-refractivity contribution in [3.8, 4) is 0 Å². The summed E-state index contributed by atoms with van der Waals surface area (Å²) in [5, 5.41) is 1.07. The molecule has 3 rings (SSSR count). The fraction of sp³-hybridized carbons (Fsp3) is 0.471. The summed E-state index contributed by atoms with van der Waals surface area (Å²) in [6.45, 7) is 6.33. The molecule has 0 spiro atoms. The van der Waals surface area contributed by atoms with Gasteiger partial charge in [0.25, 0.3) is 5.91 Å². The molecule has 1 aromatic heterocycles. The van der Waals surface area contributed by atoms with Crippen LogP contribution in [0.1, 0.15) is 36.4 Å². The lowest BCUT2D eigenvalue weighted by Crippen LogP contribution is -2.39. The minimum atomic E-state index is 0.178. The molecule has 1 saturated heterocycles. The summed E-state index contributed by atoms with van der Waals surface area (Å²) in [4.78, 5) is 15.5. The van der Waals surface area contributed by atoms with E-state index in [2.05, 4.69) is 13.8 Å². The third kappa shape index (κ3) is 2.91. The minimum Gasteiger partial charge on any atom is -0.399 e. The van der Waals surface area contributed by atoms with Gasteiger partial charge in [-0.1, -0.05) is 13.8 Å². The monoisotopic (exact) mass is 302 g/mol. The number of rotatable bonds is 2. The van der Waals surface area contributed by atoms with Crippen molar-refractivity contribution >= 4 is 33.0 Å². The molecule has 1 aliphatic heterocycles. The highest BCUT2D eigenvalue weighted by molar-refractivity contribution is 7.20. The fourth-order valence-corrected chi connectivity index (χ4v) is 4.10. The molecule has 1 aliphatic rings. The largest absolute Gasteiger partial charge is 0.399 e. The molecular formula is C17H22N2OS. The molecule has 0 unspecified atom stereocenters. The zero-order chi connectivity index (χ0) is 15.0. The summed E-state index contributed by atoms with van der Waals surface area (Å²) in [6.07, 6.45) is 2.25. The Bertz CT molecular complexity index is 654. The Hall–Kier alpha value is -1.55. The molecule has 1 amide bonds. The molecule has 0 saturated carbocycles. The van der Waals surface area contributed by atoms with Crippen molar-refractivity contribution in [3.63, 3.8) is 0 Å². The third-order valence-corrected chi connectivity index (χ3v) is 5.62. The number of piperidine rings is 1. The van der Waals surface area contributed by atoms with Gasteiger partial charge in [-0.05, 0) is 54.3 Å². The van der Waals surface area contributed by atoms with Crippen LogP contribution >= 0.6 is 11.3 Å². The molecule has 2 aromatic rings. The third-order valence-electron chi connectivity index (χ3n) is 4.52. The van der Waals surface area contributed by atoms with Crippen LogP contribution in [0, 0.1) is 11.8 Å². The van der Waals surface area contributed by atoms with E-state index in [1.807, 2.05) is 29.2 Å². The number of benzene rings is 1. The first-order valence-electron chi connectivity index (χ1n) is 7.63. The van der Waals surface area contributed by atoms with Crippen molar-refractivity contribution in [2.75, 3.05) is 18.8 Å². The number of hydrogen-bond acceptors (Lipinski definition) is 3. The lowest BCUT2D eigenvalue weighted by Gasteiger charge is -2.33. The van der Waals surface area contributed by atoms with Crippen LogP contribution in [0.3, 0.4) is 0 Å². The average Bonchev–Trinajstić information content (AvgIpc) is 2.89. The van der Waals surface area contributed by atoms with E-state index in [0.717, 1.165) is 58.4 Å². The van der Waals surface area contributed by atoms with Crippen LogP contribution in [0.25, 0.3) is 10.1 Å². The van der Waals surface area contributed by atoms with Crippen LogP contribution in [-0.4, -0.2) is 23.9 Å². The van der Waals surface area contributed by atoms with Crippen molar-refractivity contribution in [1.82, 2.24) is 4.90 Å². The number of nitrogens with two attached hydrogens (primary N) is 1. The van der Waals surface area contributed by atoms with Gasteiger partial charge in [0.2, 0.25) is 0 Å². The number of hydrogen-bond donors (Lipinski definition) is 1. The Labute approximate surface area is 129 Å². The van der Waals surface area contributed by atoms with E-state index < -0.39 is 0 Å². The smallest absolute Gasteiger partial charge is 0.263 e. The molecule has 1 aromatic carbocycles. The standard InChI is InChI=1S/C17H22N2OS/c1-11(2)12-5-7-19(8-6-12)17(20)16-10-13-9-14(18)3-4-15(13)21-16/h3-4,9-12H,5-8,18H2,1-2H3.